The maximum absolute atomic E-state index is 11.2. The lowest BCUT2D eigenvalue weighted by molar-refractivity contribution is 0.111. The number of benzene rings is 1. The minimum Gasteiger partial charge on any atom is -0.338 e. The summed E-state index contributed by atoms with van der Waals surface area (Å²) < 4.78 is 2.06. The molecule has 3 nitrogen and oxygen atoms in total. The molecule has 0 saturated heterocycles. The summed E-state index contributed by atoms with van der Waals surface area (Å²) in [6, 6.07) is 9.65. The average molecular weight is 238 g/mol. The van der Waals surface area contributed by atoms with Gasteiger partial charge in [-0.2, -0.15) is 5.26 Å². The Morgan fingerprint density at radius 2 is 2.22 bits per heavy atom. The number of hydrogen-bond donors (Lipinski definition) is 0. The molecule has 1 aromatic heterocycles. The fraction of sp³-hybridized carbons (Fsp3) is 0.333. The highest BCUT2D eigenvalue weighted by atomic mass is 16.1. The van der Waals surface area contributed by atoms with Gasteiger partial charge in [-0.25, -0.2) is 0 Å². The molecule has 0 bridgehead atoms. The van der Waals surface area contributed by atoms with E-state index in [2.05, 4.69) is 10.6 Å². The van der Waals surface area contributed by atoms with Gasteiger partial charge in [0.2, 0.25) is 0 Å². The summed E-state index contributed by atoms with van der Waals surface area (Å²) in [4.78, 5) is 11.2. The molecule has 1 aromatic carbocycles. The molecule has 0 aliphatic heterocycles. The van der Waals surface area contributed by atoms with Crippen molar-refractivity contribution in [3.8, 4) is 6.07 Å². The predicted octanol–water partition coefficient (Wildman–Crippen LogP) is 3.13. The third-order valence-electron chi connectivity index (χ3n) is 3.85. The number of aromatic nitrogens is 1. The van der Waals surface area contributed by atoms with E-state index in [1.54, 1.807) is 6.07 Å². The maximum Gasteiger partial charge on any atom is 0.166 e. The van der Waals surface area contributed by atoms with Crippen LogP contribution >= 0.6 is 0 Å². The Kier molecular flexibility index (Phi) is 2.64. The van der Waals surface area contributed by atoms with Crippen LogP contribution in [-0.4, -0.2) is 10.9 Å². The smallest absolute Gasteiger partial charge is 0.166 e. The highest BCUT2D eigenvalue weighted by Gasteiger charge is 2.20. The second kappa shape index (κ2) is 4.30. The van der Waals surface area contributed by atoms with Crippen LogP contribution in [0.25, 0.3) is 10.9 Å². The highest BCUT2D eigenvalue weighted by Crippen LogP contribution is 2.30. The Morgan fingerprint density at radius 3 is 2.83 bits per heavy atom. The first-order valence-electron chi connectivity index (χ1n) is 6.30. The van der Waals surface area contributed by atoms with Gasteiger partial charge in [0.25, 0.3) is 0 Å². The lowest BCUT2D eigenvalue weighted by Gasteiger charge is -2.26. The highest BCUT2D eigenvalue weighted by molar-refractivity contribution is 5.89. The van der Waals surface area contributed by atoms with Crippen LogP contribution in [0.15, 0.2) is 24.3 Å². The lowest BCUT2D eigenvalue weighted by Crippen LogP contribution is -2.19. The summed E-state index contributed by atoms with van der Waals surface area (Å²) in [6.07, 6.45) is 4.69. The number of carbonyl (C=O) groups excluding carboxylic acids is 1. The van der Waals surface area contributed by atoms with Crippen LogP contribution in [-0.2, 0) is 6.54 Å². The zero-order chi connectivity index (χ0) is 12.5. The van der Waals surface area contributed by atoms with Gasteiger partial charge >= 0.3 is 0 Å². The van der Waals surface area contributed by atoms with Crippen LogP contribution in [0.4, 0.5) is 0 Å². The van der Waals surface area contributed by atoms with Gasteiger partial charge in [-0.15, -0.1) is 0 Å². The minimum atomic E-state index is 0.646. The van der Waals surface area contributed by atoms with Gasteiger partial charge in [-0.05, 0) is 37.0 Å². The zero-order valence-electron chi connectivity index (χ0n) is 10.1. The van der Waals surface area contributed by atoms with Crippen molar-refractivity contribution in [2.24, 2.45) is 5.92 Å². The van der Waals surface area contributed by atoms with Crippen LogP contribution in [0.2, 0.25) is 0 Å². The van der Waals surface area contributed by atoms with E-state index in [1.807, 2.05) is 18.2 Å². The first kappa shape index (κ1) is 11.0. The SMILES string of the molecule is N#Cc1ccc2cc(C=O)n(CC3CCC3)c2c1. The van der Waals surface area contributed by atoms with Gasteiger partial charge in [0.1, 0.15) is 0 Å². The Morgan fingerprint density at radius 1 is 1.39 bits per heavy atom. The predicted molar refractivity (Wildman–Crippen MR) is 69.4 cm³/mol. The van der Waals surface area contributed by atoms with E-state index in [9.17, 15) is 4.79 Å². The molecule has 0 unspecified atom stereocenters. The van der Waals surface area contributed by atoms with Crippen molar-refractivity contribution in [3.05, 3.63) is 35.5 Å². The van der Waals surface area contributed by atoms with E-state index in [-0.39, 0.29) is 0 Å². The van der Waals surface area contributed by atoms with Gasteiger partial charge < -0.3 is 4.57 Å². The molecule has 0 spiro atoms. The van der Waals surface area contributed by atoms with Gasteiger partial charge in [0, 0.05) is 17.4 Å². The molecule has 1 fully saturated rings. The fourth-order valence-electron chi connectivity index (χ4n) is 2.58. The molecule has 1 heterocycles. The molecule has 1 saturated carbocycles. The number of fused-ring (bicyclic) bond motifs is 1. The van der Waals surface area contributed by atoms with Crippen LogP contribution in [0, 0.1) is 17.2 Å². The Labute approximate surface area is 106 Å². The number of nitrogens with zero attached hydrogens (tertiary/aromatic N) is 2. The summed E-state index contributed by atoms with van der Waals surface area (Å²) in [5.74, 6) is 0.685. The van der Waals surface area contributed by atoms with Crippen molar-refractivity contribution in [2.45, 2.75) is 25.8 Å². The monoisotopic (exact) mass is 238 g/mol. The Hall–Kier alpha value is -2.08. The third-order valence-corrected chi connectivity index (χ3v) is 3.85. The van der Waals surface area contributed by atoms with E-state index in [0.29, 0.717) is 17.2 Å². The van der Waals surface area contributed by atoms with Gasteiger partial charge in [-0.1, -0.05) is 12.5 Å². The first-order valence-corrected chi connectivity index (χ1v) is 6.30. The molecule has 0 N–H and O–H groups in total. The second-order valence-corrected chi connectivity index (χ2v) is 4.98. The molecule has 3 rings (SSSR count). The van der Waals surface area contributed by atoms with Crippen molar-refractivity contribution < 1.29 is 4.79 Å². The van der Waals surface area contributed by atoms with Crippen LogP contribution < -0.4 is 0 Å². The number of carbonyl (C=O) groups is 1. The molecule has 0 radical (unpaired) electrons. The maximum atomic E-state index is 11.2. The lowest BCUT2D eigenvalue weighted by atomic mass is 9.85. The van der Waals surface area contributed by atoms with E-state index in [1.165, 1.54) is 19.3 Å². The van der Waals surface area contributed by atoms with Crippen LogP contribution in [0.5, 0.6) is 0 Å². The summed E-state index contributed by atoms with van der Waals surface area (Å²) in [5.41, 5.74) is 2.36. The number of nitriles is 1. The largest absolute Gasteiger partial charge is 0.338 e. The molecule has 0 atom stereocenters. The minimum absolute atomic E-state index is 0.646. The Bertz CT molecular complexity index is 644. The van der Waals surface area contributed by atoms with Crippen molar-refractivity contribution in [2.75, 3.05) is 0 Å². The quantitative estimate of drug-likeness (QED) is 0.771. The molecular weight excluding hydrogens is 224 g/mol. The third kappa shape index (κ3) is 1.70. The van der Waals surface area contributed by atoms with Gasteiger partial charge in [-0.3, -0.25) is 4.79 Å². The van der Waals surface area contributed by atoms with Crippen molar-refractivity contribution in [1.29, 1.82) is 5.26 Å². The molecule has 3 heteroatoms. The standard InChI is InChI=1S/C15H14N2O/c16-8-12-4-5-13-7-14(10-18)17(15(13)6-12)9-11-2-1-3-11/h4-7,10-11H,1-3,9H2. The Balaban J connectivity index is 2.12. The average Bonchev–Trinajstić information content (AvgIpc) is 2.70. The van der Waals surface area contributed by atoms with E-state index in [4.69, 9.17) is 5.26 Å². The van der Waals surface area contributed by atoms with E-state index < -0.39 is 0 Å². The number of aldehydes is 1. The van der Waals surface area contributed by atoms with Gasteiger partial charge in [0.05, 0.1) is 17.3 Å². The molecular formula is C15H14N2O. The van der Waals surface area contributed by atoms with Crippen LogP contribution in [0.1, 0.15) is 35.3 Å². The van der Waals surface area contributed by atoms with Crippen molar-refractivity contribution >= 4 is 17.2 Å². The number of rotatable bonds is 3. The van der Waals surface area contributed by atoms with Crippen molar-refractivity contribution in [1.82, 2.24) is 4.57 Å². The molecule has 0 amide bonds. The summed E-state index contributed by atoms with van der Waals surface area (Å²) >= 11 is 0. The molecule has 90 valence electrons. The van der Waals surface area contributed by atoms with E-state index in [0.717, 1.165) is 23.7 Å². The summed E-state index contributed by atoms with van der Waals surface area (Å²) in [6.45, 7) is 0.895. The van der Waals surface area contributed by atoms with Crippen LogP contribution in [0.3, 0.4) is 0 Å². The fourth-order valence-corrected chi connectivity index (χ4v) is 2.58. The van der Waals surface area contributed by atoms with Gasteiger partial charge in [0.15, 0.2) is 6.29 Å². The summed E-state index contributed by atoms with van der Waals surface area (Å²) in [7, 11) is 0. The number of hydrogen-bond acceptors (Lipinski definition) is 2. The first-order chi connectivity index (χ1) is 8.81. The topological polar surface area (TPSA) is 45.8 Å². The summed E-state index contributed by atoms with van der Waals surface area (Å²) in [5, 5.41) is 10.00. The van der Waals surface area contributed by atoms with Crippen molar-refractivity contribution in [3.63, 3.8) is 0 Å². The normalized spacial score (nSPS) is 15.3. The zero-order valence-corrected chi connectivity index (χ0v) is 10.1. The molecule has 1 aliphatic rings. The van der Waals surface area contributed by atoms with E-state index >= 15 is 0 Å². The molecule has 1 aliphatic carbocycles. The molecule has 2 aromatic rings. The molecule has 18 heavy (non-hydrogen) atoms. The second-order valence-electron chi connectivity index (χ2n) is 4.98.